The summed E-state index contributed by atoms with van der Waals surface area (Å²) in [6.07, 6.45) is 4.06. The van der Waals surface area contributed by atoms with Crippen LogP contribution in [-0.2, 0) is 10.2 Å². The van der Waals surface area contributed by atoms with Gasteiger partial charge in [0.1, 0.15) is 0 Å². The number of rotatable bonds is 3. The number of benzene rings is 1. The Morgan fingerprint density at radius 1 is 1.16 bits per heavy atom. The van der Waals surface area contributed by atoms with Crippen molar-refractivity contribution in [3.63, 3.8) is 0 Å². The van der Waals surface area contributed by atoms with Crippen molar-refractivity contribution < 1.29 is 8.42 Å². The first-order chi connectivity index (χ1) is 8.99. The van der Waals surface area contributed by atoms with Gasteiger partial charge in [-0.1, -0.05) is 24.4 Å². The van der Waals surface area contributed by atoms with Crippen molar-refractivity contribution in [2.75, 3.05) is 17.8 Å². The van der Waals surface area contributed by atoms with Crippen molar-refractivity contribution in [1.29, 1.82) is 0 Å². The zero-order valence-electron chi connectivity index (χ0n) is 10.4. The maximum Gasteiger partial charge on any atom is 0.301 e. The lowest BCUT2D eigenvalue weighted by atomic mass is 10.2. The van der Waals surface area contributed by atoms with Crippen molar-refractivity contribution in [1.82, 2.24) is 4.31 Å². The van der Waals surface area contributed by atoms with Gasteiger partial charge in [0.05, 0.1) is 5.69 Å². The lowest BCUT2D eigenvalue weighted by Gasteiger charge is -2.21. The number of anilines is 1. The Kier molecular flexibility index (Phi) is 5.33. The SMILES string of the molecule is O=S(=O)(Nc1ccc(Cl)cc1I)N1CCCCCC1. The van der Waals surface area contributed by atoms with Crippen LogP contribution in [-0.4, -0.2) is 25.8 Å². The van der Waals surface area contributed by atoms with Crippen molar-refractivity contribution >= 4 is 50.1 Å². The second kappa shape index (κ2) is 6.60. The molecule has 1 aromatic carbocycles. The van der Waals surface area contributed by atoms with Gasteiger partial charge in [-0.05, 0) is 53.6 Å². The van der Waals surface area contributed by atoms with Gasteiger partial charge in [0.15, 0.2) is 0 Å². The summed E-state index contributed by atoms with van der Waals surface area (Å²) in [5, 5.41) is 0.599. The van der Waals surface area contributed by atoms with Crippen LogP contribution in [0.3, 0.4) is 0 Å². The van der Waals surface area contributed by atoms with Crippen LogP contribution in [0.25, 0.3) is 0 Å². The number of nitrogens with one attached hydrogen (secondary N) is 1. The van der Waals surface area contributed by atoms with E-state index in [-0.39, 0.29) is 0 Å². The average molecular weight is 415 g/mol. The van der Waals surface area contributed by atoms with Gasteiger partial charge in [-0.15, -0.1) is 0 Å². The third kappa shape index (κ3) is 4.21. The van der Waals surface area contributed by atoms with Gasteiger partial charge < -0.3 is 0 Å². The summed E-state index contributed by atoms with van der Waals surface area (Å²) in [5.74, 6) is 0. The van der Waals surface area contributed by atoms with Gasteiger partial charge in [0.2, 0.25) is 0 Å². The first kappa shape index (κ1) is 15.3. The molecule has 7 heteroatoms. The third-order valence-corrected chi connectivity index (χ3v) is 5.73. The maximum atomic E-state index is 12.3. The molecule has 0 amide bonds. The monoisotopic (exact) mass is 414 g/mol. The summed E-state index contributed by atoms with van der Waals surface area (Å²) in [5.41, 5.74) is 0.578. The molecule has 0 atom stereocenters. The normalized spacial score (nSPS) is 18.0. The van der Waals surface area contributed by atoms with E-state index in [2.05, 4.69) is 27.3 Å². The number of nitrogens with zero attached hydrogens (tertiary/aromatic N) is 1. The zero-order valence-corrected chi connectivity index (χ0v) is 14.1. The molecule has 0 bridgehead atoms. The summed E-state index contributed by atoms with van der Waals surface area (Å²) in [6, 6.07) is 5.12. The van der Waals surface area contributed by atoms with Crippen LogP contribution in [0.15, 0.2) is 18.2 Å². The van der Waals surface area contributed by atoms with Crippen LogP contribution >= 0.6 is 34.2 Å². The summed E-state index contributed by atoms with van der Waals surface area (Å²) < 4.78 is 29.6. The highest BCUT2D eigenvalue weighted by Gasteiger charge is 2.23. The number of hydrogen-bond donors (Lipinski definition) is 1. The first-order valence-corrected chi connectivity index (χ1v) is 9.12. The van der Waals surface area contributed by atoms with Crippen LogP contribution < -0.4 is 4.72 Å². The number of hydrogen-bond acceptors (Lipinski definition) is 2. The van der Waals surface area contributed by atoms with E-state index < -0.39 is 10.2 Å². The van der Waals surface area contributed by atoms with Crippen molar-refractivity contribution in [3.8, 4) is 0 Å². The first-order valence-electron chi connectivity index (χ1n) is 6.22. The minimum Gasteiger partial charge on any atom is -0.270 e. The van der Waals surface area contributed by atoms with Crippen molar-refractivity contribution in [2.45, 2.75) is 25.7 Å². The van der Waals surface area contributed by atoms with Gasteiger partial charge in [-0.2, -0.15) is 12.7 Å². The van der Waals surface area contributed by atoms with Gasteiger partial charge in [0, 0.05) is 21.7 Å². The Hall–Kier alpha value is -0.0500. The van der Waals surface area contributed by atoms with Crippen LogP contribution in [0.4, 0.5) is 5.69 Å². The summed E-state index contributed by atoms with van der Waals surface area (Å²) >= 11 is 7.94. The molecule has 0 radical (unpaired) electrons. The molecule has 0 spiro atoms. The molecular formula is C12H16ClIN2O2S. The van der Waals surface area contributed by atoms with E-state index in [1.54, 1.807) is 18.2 Å². The molecule has 19 heavy (non-hydrogen) atoms. The fourth-order valence-electron chi connectivity index (χ4n) is 2.06. The molecule has 2 rings (SSSR count). The largest absolute Gasteiger partial charge is 0.301 e. The maximum absolute atomic E-state index is 12.3. The predicted molar refractivity (Wildman–Crippen MR) is 86.8 cm³/mol. The van der Waals surface area contributed by atoms with Gasteiger partial charge in [-0.25, -0.2) is 0 Å². The molecule has 4 nitrogen and oxygen atoms in total. The highest BCUT2D eigenvalue weighted by Crippen LogP contribution is 2.24. The van der Waals surface area contributed by atoms with E-state index in [4.69, 9.17) is 11.6 Å². The molecule has 1 fully saturated rings. The Balaban J connectivity index is 2.15. The fraction of sp³-hybridized carbons (Fsp3) is 0.500. The summed E-state index contributed by atoms with van der Waals surface area (Å²) in [6.45, 7) is 1.19. The Morgan fingerprint density at radius 2 is 1.79 bits per heavy atom. The number of halogens is 2. The average Bonchev–Trinajstić information content (AvgIpc) is 2.62. The predicted octanol–water partition coefficient (Wildman–Crippen LogP) is 3.48. The van der Waals surface area contributed by atoms with Gasteiger partial charge in [0.25, 0.3) is 0 Å². The molecule has 1 saturated heterocycles. The molecule has 1 heterocycles. The molecule has 106 valence electrons. The van der Waals surface area contributed by atoms with E-state index in [9.17, 15) is 8.42 Å². The van der Waals surface area contributed by atoms with E-state index >= 15 is 0 Å². The highest BCUT2D eigenvalue weighted by atomic mass is 127. The van der Waals surface area contributed by atoms with Crippen molar-refractivity contribution in [2.24, 2.45) is 0 Å². The zero-order chi connectivity index (χ0) is 13.9. The van der Waals surface area contributed by atoms with Gasteiger partial charge >= 0.3 is 10.2 Å². The second-order valence-corrected chi connectivity index (χ2v) is 7.81. The molecular weight excluding hydrogens is 399 g/mol. The van der Waals surface area contributed by atoms with E-state index in [1.807, 2.05) is 0 Å². The minimum absolute atomic E-state index is 0.578. The second-order valence-electron chi connectivity index (χ2n) is 4.54. The van der Waals surface area contributed by atoms with E-state index in [0.717, 1.165) is 29.3 Å². The van der Waals surface area contributed by atoms with Crippen molar-refractivity contribution in [3.05, 3.63) is 26.8 Å². The topological polar surface area (TPSA) is 49.4 Å². The van der Waals surface area contributed by atoms with E-state index in [1.165, 1.54) is 4.31 Å². The molecule has 0 unspecified atom stereocenters. The summed E-state index contributed by atoms with van der Waals surface area (Å²) in [4.78, 5) is 0. The van der Waals surface area contributed by atoms with Crippen LogP contribution in [0.5, 0.6) is 0 Å². The third-order valence-electron chi connectivity index (χ3n) is 3.08. The van der Waals surface area contributed by atoms with Crippen LogP contribution in [0, 0.1) is 3.57 Å². The highest BCUT2D eigenvalue weighted by molar-refractivity contribution is 14.1. The van der Waals surface area contributed by atoms with Crippen LogP contribution in [0.2, 0.25) is 5.02 Å². The lowest BCUT2D eigenvalue weighted by Crippen LogP contribution is -2.36. The van der Waals surface area contributed by atoms with E-state index in [0.29, 0.717) is 23.8 Å². The molecule has 1 aliphatic rings. The molecule has 1 aliphatic heterocycles. The molecule has 0 saturated carbocycles. The Morgan fingerprint density at radius 3 is 2.37 bits per heavy atom. The van der Waals surface area contributed by atoms with Gasteiger partial charge in [-0.3, -0.25) is 4.72 Å². The standard InChI is InChI=1S/C12H16ClIN2O2S/c13-10-5-6-12(11(14)9-10)15-19(17,18)16-7-3-1-2-4-8-16/h5-6,9,15H,1-4,7-8H2. The lowest BCUT2D eigenvalue weighted by molar-refractivity contribution is 0.427. The molecule has 0 aromatic heterocycles. The van der Waals surface area contributed by atoms with Crippen LogP contribution in [0.1, 0.15) is 25.7 Å². The molecule has 1 N–H and O–H groups in total. The Bertz CT molecular complexity index is 543. The quantitative estimate of drug-likeness (QED) is 0.770. The minimum atomic E-state index is -3.46. The molecule has 0 aliphatic carbocycles. The smallest absolute Gasteiger partial charge is 0.270 e. The Labute approximate surface area is 132 Å². The summed E-state index contributed by atoms with van der Waals surface area (Å²) in [7, 11) is -3.46. The fourth-order valence-corrected chi connectivity index (χ4v) is 4.57. The molecule has 1 aromatic rings.